The van der Waals surface area contributed by atoms with Crippen LogP contribution in [0.5, 0.6) is 0 Å². The number of thioether (sulfide) groups is 1. The molecule has 0 bridgehead atoms. The van der Waals surface area contributed by atoms with Gasteiger partial charge in [-0.05, 0) is 43.0 Å². The van der Waals surface area contributed by atoms with Crippen molar-refractivity contribution in [1.29, 1.82) is 0 Å². The third-order valence-electron chi connectivity index (χ3n) is 2.94. The molecule has 2 nitrogen and oxygen atoms in total. The van der Waals surface area contributed by atoms with Crippen LogP contribution >= 0.6 is 11.8 Å². The molecule has 2 rings (SSSR count). The van der Waals surface area contributed by atoms with E-state index in [0.717, 1.165) is 22.8 Å². The van der Waals surface area contributed by atoms with Crippen LogP contribution < -0.4 is 5.32 Å². The lowest BCUT2D eigenvalue weighted by Gasteiger charge is -2.13. The highest BCUT2D eigenvalue weighted by Crippen LogP contribution is 2.16. The van der Waals surface area contributed by atoms with E-state index in [-0.39, 0.29) is 11.9 Å². The molecule has 0 spiro atoms. The maximum absolute atomic E-state index is 13.1. The zero-order valence-corrected chi connectivity index (χ0v) is 12.0. The predicted octanol–water partition coefficient (Wildman–Crippen LogP) is 4.13. The van der Waals surface area contributed by atoms with E-state index in [2.05, 4.69) is 5.32 Å². The molecule has 0 aliphatic rings. The minimum Gasteiger partial charge on any atom is -0.464 e. The second-order valence-electron chi connectivity index (χ2n) is 4.46. The average molecular weight is 279 g/mol. The zero-order valence-electron chi connectivity index (χ0n) is 11.2. The van der Waals surface area contributed by atoms with Crippen LogP contribution in [0.25, 0.3) is 0 Å². The number of hydrogen-bond acceptors (Lipinski definition) is 3. The van der Waals surface area contributed by atoms with E-state index in [1.165, 1.54) is 6.07 Å². The molecule has 0 amide bonds. The van der Waals surface area contributed by atoms with Gasteiger partial charge >= 0.3 is 0 Å². The third-order valence-corrected chi connectivity index (χ3v) is 3.51. The van der Waals surface area contributed by atoms with Gasteiger partial charge in [0.15, 0.2) is 0 Å². The Hall–Kier alpha value is -1.26. The van der Waals surface area contributed by atoms with Gasteiger partial charge in [-0.15, -0.1) is 0 Å². The summed E-state index contributed by atoms with van der Waals surface area (Å²) in [5.74, 6) is 2.58. The number of furan rings is 1. The number of halogens is 1. The standard InChI is InChI=1S/C15H18FNOS/c1-11(12-4-3-5-13(16)8-12)17-9-14-6-7-15(18-14)10-19-2/h3-8,11,17H,9-10H2,1-2H3. The molecule has 1 N–H and O–H groups in total. The Bertz CT molecular complexity index is 526. The molecule has 1 aromatic carbocycles. The summed E-state index contributed by atoms with van der Waals surface area (Å²) in [6, 6.07) is 10.7. The van der Waals surface area contributed by atoms with Crippen molar-refractivity contribution in [2.45, 2.75) is 25.3 Å². The summed E-state index contributed by atoms with van der Waals surface area (Å²) in [5.41, 5.74) is 0.941. The van der Waals surface area contributed by atoms with Crippen LogP contribution in [0, 0.1) is 5.82 Å². The van der Waals surface area contributed by atoms with Crippen molar-refractivity contribution >= 4 is 11.8 Å². The summed E-state index contributed by atoms with van der Waals surface area (Å²) in [6.07, 6.45) is 2.05. The highest BCUT2D eigenvalue weighted by molar-refractivity contribution is 7.97. The topological polar surface area (TPSA) is 25.2 Å². The van der Waals surface area contributed by atoms with Gasteiger partial charge in [-0.2, -0.15) is 11.8 Å². The molecule has 0 saturated carbocycles. The smallest absolute Gasteiger partial charge is 0.123 e. The molecule has 2 aromatic rings. The maximum atomic E-state index is 13.1. The van der Waals surface area contributed by atoms with Crippen LogP contribution in [0.15, 0.2) is 40.8 Å². The minimum atomic E-state index is -0.202. The van der Waals surface area contributed by atoms with Gasteiger partial charge in [-0.3, -0.25) is 0 Å². The molecular weight excluding hydrogens is 261 g/mol. The maximum Gasteiger partial charge on any atom is 0.123 e. The molecule has 0 saturated heterocycles. The van der Waals surface area contributed by atoms with Crippen LogP contribution in [0.3, 0.4) is 0 Å². The molecule has 0 aliphatic heterocycles. The van der Waals surface area contributed by atoms with Crippen molar-refractivity contribution < 1.29 is 8.81 Å². The molecule has 0 aliphatic carbocycles. The second-order valence-corrected chi connectivity index (χ2v) is 5.32. The van der Waals surface area contributed by atoms with Crippen LogP contribution in [0.2, 0.25) is 0 Å². The second kappa shape index (κ2) is 6.78. The summed E-state index contributed by atoms with van der Waals surface area (Å²) < 4.78 is 18.8. The molecule has 4 heteroatoms. The first kappa shape index (κ1) is 14.2. The first-order valence-corrected chi connectivity index (χ1v) is 7.64. The SMILES string of the molecule is CSCc1ccc(CNC(C)c2cccc(F)c2)o1. The Morgan fingerprint density at radius 3 is 2.79 bits per heavy atom. The molecule has 1 unspecified atom stereocenters. The van der Waals surface area contributed by atoms with E-state index >= 15 is 0 Å². The third kappa shape index (κ3) is 4.11. The molecule has 1 aromatic heterocycles. The van der Waals surface area contributed by atoms with Crippen LogP contribution in [-0.4, -0.2) is 6.26 Å². The van der Waals surface area contributed by atoms with Crippen molar-refractivity contribution in [2.75, 3.05) is 6.26 Å². The number of nitrogens with one attached hydrogen (secondary N) is 1. The molecule has 1 heterocycles. The lowest BCUT2D eigenvalue weighted by Crippen LogP contribution is -2.17. The van der Waals surface area contributed by atoms with Crippen molar-refractivity contribution in [3.63, 3.8) is 0 Å². The Kier molecular flexibility index (Phi) is 5.05. The van der Waals surface area contributed by atoms with Gasteiger partial charge in [0.1, 0.15) is 17.3 Å². The quantitative estimate of drug-likeness (QED) is 0.860. The number of hydrogen-bond donors (Lipinski definition) is 1. The van der Waals surface area contributed by atoms with Gasteiger partial charge in [0.25, 0.3) is 0 Å². The molecule has 19 heavy (non-hydrogen) atoms. The predicted molar refractivity (Wildman–Crippen MR) is 77.6 cm³/mol. The van der Waals surface area contributed by atoms with E-state index in [4.69, 9.17) is 4.42 Å². The molecule has 102 valence electrons. The van der Waals surface area contributed by atoms with E-state index in [1.54, 1.807) is 23.9 Å². The van der Waals surface area contributed by atoms with Gasteiger partial charge in [-0.1, -0.05) is 12.1 Å². The summed E-state index contributed by atoms with van der Waals surface area (Å²) in [6.45, 7) is 2.66. The summed E-state index contributed by atoms with van der Waals surface area (Å²) in [5, 5.41) is 3.33. The largest absolute Gasteiger partial charge is 0.464 e. The van der Waals surface area contributed by atoms with E-state index in [0.29, 0.717) is 6.54 Å². The first-order valence-electron chi connectivity index (χ1n) is 6.24. The Balaban J connectivity index is 1.90. The fourth-order valence-electron chi connectivity index (χ4n) is 1.88. The van der Waals surface area contributed by atoms with Gasteiger partial charge in [0.2, 0.25) is 0 Å². The van der Waals surface area contributed by atoms with Gasteiger partial charge in [0.05, 0.1) is 12.3 Å². The van der Waals surface area contributed by atoms with Crippen LogP contribution in [-0.2, 0) is 12.3 Å². The fraction of sp³-hybridized carbons (Fsp3) is 0.333. The normalized spacial score (nSPS) is 12.6. The van der Waals surface area contributed by atoms with E-state index in [9.17, 15) is 4.39 Å². The lowest BCUT2D eigenvalue weighted by atomic mass is 10.1. The summed E-state index contributed by atoms with van der Waals surface area (Å²) >= 11 is 1.74. The molecule has 0 radical (unpaired) electrons. The molecule has 1 atom stereocenters. The zero-order chi connectivity index (χ0) is 13.7. The Labute approximate surface area is 117 Å². The molecular formula is C15H18FNOS. The van der Waals surface area contributed by atoms with Crippen molar-refractivity contribution in [1.82, 2.24) is 5.32 Å². The summed E-state index contributed by atoms with van der Waals surface area (Å²) in [7, 11) is 0. The fourth-order valence-corrected chi connectivity index (χ4v) is 2.32. The molecule has 0 fully saturated rings. The van der Waals surface area contributed by atoms with E-state index < -0.39 is 0 Å². The highest BCUT2D eigenvalue weighted by Gasteiger charge is 2.07. The minimum absolute atomic E-state index is 0.0878. The van der Waals surface area contributed by atoms with Crippen LogP contribution in [0.1, 0.15) is 30.0 Å². The van der Waals surface area contributed by atoms with Crippen molar-refractivity contribution in [2.24, 2.45) is 0 Å². The summed E-state index contributed by atoms with van der Waals surface area (Å²) in [4.78, 5) is 0. The van der Waals surface area contributed by atoms with Crippen molar-refractivity contribution in [3.8, 4) is 0 Å². The number of benzene rings is 1. The Morgan fingerprint density at radius 2 is 2.05 bits per heavy atom. The first-order chi connectivity index (χ1) is 9.19. The average Bonchev–Trinajstić information content (AvgIpc) is 2.84. The highest BCUT2D eigenvalue weighted by atomic mass is 32.2. The Morgan fingerprint density at radius 1 is 1.26 bits per heavy atom. The van der Waals surface area contributed by atoms with Crippen molar-refractivity contribution in [3.05, 3.63) is 59.3 Å². The van der Waals surface area contributed by atoms with Gasteiger partial charge in [-0.25, -0.2) is 4.39 Å². The lowest BCUT2D eigenvalue weighted by molar-refractivity contribution is 0.442. The number of rotatable bonds is 6. The van der Waals surface area contributed by atoms with E-state index in [1.807, 2.05) is 31.4 Å². The van der Waals surface area contributed by atoms with Gasteiger partial charge < -0.3 is 9.73 Å². The van der Waals surface area contributed by atoms with Gasteiger partial charge in [0, 0.05) is 6.04 Å². The van der Waals surface area contributed by atoms with Crippen LogP contribution in [0.4, 0.5) is 4.39 Å². The monoisotopic (exact) mass is 279 g/mol.